The van der Waals surface area contributed by atoms with E-state index in [2.05, 4.69) is 10.6 Å². The molecule has 0 unspecified atom stereocenters. The second-order valence-electron chi connectivity index (χ2n) is 6.60. The number of anilines is 2. The van der Waals surface area contributed by atoms with Gasteiger partial charge in [0.15, 0.2) is 0 Å². The van der Waals surface area contributed by atoms with Crippen molar-refractivity contribution in [2.24, 2.45) is 0 Å². The summed E-state index contributed by atoms with van der Waals surface area (Å²) < 4.78 is 52.1. The molecule has 0 radical (unpaired) electrons. The summed E-state index contributed by atoms with van der Waals surface area (Å²) >= 11 is 0. The molecule has 0 saturated carbocycles. The second-order valence-corrected chi connectivity index (χ2v) is 6.60. The van der Waals surface area contributed by atoms with Gasteiger partial charge in [-0.15, -0.1) is 0 Å². The van der Waals surface area contributed by atoms with E-state index in [1.807, 2.05) is 20.8 Å². The summed E-state index contributed by atoms with van der Waals surface area (Å²) in [4.78, 5) is 11.9. The van der Waals surface area contributed by atoms with Crippen LogP contribution in [0.3, 0.4) is 0 Å². The largest absolute Gasteiger partial charge is 0.416 e. The van der Waals surface area contributed by atoms with Crippen LogP contribution in [0.1, 0.15) is 31.9 Å². The van der Waals surface area contributed by atoms with Gasteiger partial charge in [0.1, 0.15) is 5.82 Å². The average molecular weight is 354 g/mol. The Morgan fingerprint density at radius 2 is 1.52 bits per heavy atom. The van der Waals surface area contributed by atoms with Gasteiger partial charge < -0.3 is 10.6 Å². The standard InChI is InChI=1S/C18H18F4N2O/c1-17(2,3)14-8-7-13(10-15(14)19)24-16(25)23-12-6-4-5-11(9-12)18(20,21)22/h4-10H,1-3H3,(H2,23,24,25). The number of nitrogens with one attached hydrogen (secondary N) is 2. The summed E-state index contributed by atoms with van der Waals surface area (Å²) in [7, 11) is 0. The zero-order chi connectivity index (χ0) is 18.8. The van der Waals surface area contributed by atoms with E-state index in [1.165, 1.54) is 24.3 Å². The summed E-state index contributed by atoms with van der Waals surface area (Å²) in [6.07, 6.45) is -4.50. The highest BCUT2D eigenvalue weighted by atomic mass is 19.4. The van der Waals surface area contributed by atoms with Crippen molar-refractivity contribution in [3.05, 3.63) is 59.4 Å². The van der Waals surface area contributed by atoms with Crippen LogP contribution < -0.4 is 10.6 Å². The van der Waals surface area contributed by atoms with E-state index in [0.29, 0.717) is 5.56 Å². The molecule has 0 aliphatic heterocycles. The maximum Gasteiger partial charge on any atom is 0.416 e. The molecule has 0 bridgehead atoms. The quantitative estimate of drug-likeness (QED) is 0.659. The zero-order valence-electron chi connectivity index (χ0n) is 14.0. The van der Waals surface area contributed by atoms with Crippen molar-refractivity contribution in [3.8, 4) is 0 Å². The summed E-state index contributed by atoms with van der Waals surface area (Å²) in [6, 6.07) is 7.76. The minimum Gasteiger partial charge on any atom is -0.308 e. The molecular weight excluding hydrogens is 336 g/mol. The van der Waals surface area contributed by atoms with E-state index in [4.69, 9.17) is 0 Å². The van der Waals surface area contributed by atoms with Crippen molar-refractivity contribution < 1.29 is 22.4 Å². The molecule has 2 aromatic rings. The van der Waals surface area contributed by atoms with Gasteiger partial charge in [-0.2, -0.15) is 13.2 Å². The Balaban J connectivity index is 2.10. The van der Waals surface area contributed by atoms with E-state index < -0.39 is 23.6 Å². The number of urea groups is 1. The summed E-state index contributed by atoms with van der Waals surface area (Å²) in [5.41, 5.74) is -0.570. The van der Waals surface area contributed by atoms with Gasteiger partial charge in [-0.3, -0.25) is 0 Å². The third-order valence-corrected chi connectivity index (χ3v) is 3.48. The first-order valence-electron chi connectivity index (χ1n) is 7.52. The van der Waals surface area contributed by atoms with Crippen LogP contribution in [0.4, 0.5) is 33.7 Å². The number of halogens is 4. The Morgan fingerprint density at radius 3 is 2.04 bits per heavy atom. The van der Waals surface area contributed by atoms with Crippen LogP contribution in [-0.4, -0.2) is 6.03 Å². The fourth-order valence-electron chi connectivity index (χ4n) is 2.27. The molecule has 25 heavy (non-hydrogen) atoms. The molecule has 0 saturated heterocycles. The van der Waals surface area contributed by atoms with Crippen molar-refractivity contribution in [3.63, 3.8) is 0 Å². The van der Waals surface area contributed by atoms with Gasteiger partial charge in [-0.05, 0) is 41.3 Å². The highest BCUT2D eigenvalue weighted by molar-refractivity contribution is 5.99. The average Bonchev–Trinajstić information content (AvgIpc) is 2.45. The van der Waals surface area contributed by atoms with E-state index in [1.54, 1.807) is 6.07 Å². The zero-order valence-corrected chi connectivity index (χ0v) is 14.0. The van der Waals surface area contributed by atoms with Crippen LogP contribution in [0.25, 0.3) is 0 Å². The molecule has 0 spiro atoms. The van der Waals surface area contributed by atoms with Gasteiger partial charge in [-0.1, -0.05) is 32.9 Å². The van der Waals surface area contributed by atoms with Crippen molar-refractivity contribution >= 4 is 17.4 Å². The molecule has 0 aromatic heterocycles. The first-order chi connectivity index (χ1) is 11.5. The molecule has 2 amide bonds. The maximum absolute atomic E-state index is 14.1. The van der Waals surface area contributed by atoms with E-state index >= 15 is 0 Å². The van der Waals surface area contributed by atoms with Gasteiger partial charge in [0.05, 0.1) is 5.56 Å². The lowest BCUT2D eigenvalue weighted by Gasteiger charge is -2.20. The molecule has 3 nitrogen and oxygen atoms in total. The fraction of sp³-hybridized carbons (Fsp3) is 0.278. The van der Waals surface area contributed by atoms with Gasteiger partial charge in [0.2, 0.25) is 0 Å². The number of alkyl halides is 3. The van der Waals surface area contributed by atoms with Crippen molar-refractivity contribution in [2.45, 2.75) is 32.4 Å². The van der Waals surface area contributed by atoms with Gasteiger partial charge in [0, 0.05) is 11.4 Å². The maximum atomic E-state index is 14.1. The predicted octanol–water partition coefficient (Wildman–Crippen LogP) is 5.79. The molecule has 0 aliphatic carbocycles. The van der Waals surface area contributed by atoms with Crippen molar-refractivity contribution in [2.75, 3.05) is 10.6 Å². The Bertz CT molecular complexity index is 779. The first-order valence-corrected chi connectivity index (χ1v) is 7.52. The monoisotopic (exact) mass is 354 g/mol. The molecule has 0 aliphatic rings. The minimum absolute atomic E-state index is 0.0147. The number of carbonyl (C=O) groups excluding carboxylic acids is 1. The Morgan fingerprint density at radius 1 is 0.920 bits per heavy atom. The van der Waals surface area contributed by atoms with Gasteiger partial charge >= 0.3 is 12.2 Å². The van der Waals surface area contributed by atoms with Crippen molar-refractivity contribution in [1.29, 1.82) is 0 Å². The molecule has 134 valence electrons. The number of amides is 2. The summed E-state index contributed by atoms with van der Waals surface area (Å²) in [5, 5.41) is 4.69. The predicted molar refractivity (Wildman–Crippen MR) is 89.2 cm³/mol. The Hall–Kier alpha value is -2.57. The van der Waals surface area contributed by atoms with Crippen LogP contribution in [-0.2, 0) is 11.6 Å². The SMILES string of the molecule is CC(C)(C)c1ccc(NC(=O)Nc2cccc(C(F)(F)F)c2)cc1F. The second kappa shape index (κ2) is 6.74. The topological polar surface area (TPSA) is 41.1 Å². The molecule has 0 fully saturated rings. The fourth-order valence-corrected chi connectivity index (χ4v) is 2.27. The lowest BCUT2D eigenvalue weighted by molar-refractivity contribution is -0.137. The van der Waals surface area contributed by atoms with E-state index in [-0.39, 0.29) is 16.8 Å². The highest BCUT2D eigenvalue weighted by Gasteiger charge is 2.30. The van der Waals surface area contributed by atoms with Crippen LogP contribution >= 0.6 is 0 Å². The van der Waals surface area contributed by atoms with Crippen LogP contribution in [0.5, 0.6) is 0 Å². The molecule has 2 aromatic carbocycles. The van der Waals surface area contributed by atoms with Gasteiger partial charge in [0.25, 0.3) is 0 Å². The molecule has 7 heteroatoms. The Kier molecular flexibility index (Phi) is 5.06. The lowest BCUT2D eigenvalue weighted by Crippen LogP contribution is -2.20. The van der Waals surface area contributed by atoms with E-state index in [9.17, 15) is 22.4 Å². The third kappa shape index (κ3) is 4.95. The minimum atomic E-state index is -4.50. The number of hydrogen-bond donors (Lipinski definition) is 2. The molecule has 2 N–H and O–H groups in total. The smallest absolute Gasteiger partial charge is 0.308 e. The molecule has 0 atom stereocenters. The van der Waals surface area contributed by atoms with Gasteiger partial charge in [-0.25, -0.2) is 9.18 Å². The van der Waals surface area contributed by atoms with Crippen LogP contribution in [0.15, 0.2) is 42.5 Å². The number of benzene rings is 2. The molecule has 2 rings (SSSR count). The number of hydrogen-bond acceptors (Lipinski definition) is 1. The molecule has 0 heterocycles. The first kappa shape index (κ1) is 18.8. The number of rotatable bonds is 2. The van der Waals surface area contributed by atoms with Crippen molar-refractivity contribution in [1.82, 2.24) is 0 Å². The Labute approximate surface area is 143 Å². The van der Waals surface area contributed by atoms with Crippen LogP contribution in [0.2, 0.25) is 0 Å². The molecular formula is C18H18F4N2O. The summed E-state index contributed by atoms with van der Waals surface area (Å²) in [6.45, 7) is 5.58. The lowest BCUT2D eigenvalue weighted by atomic mass is 9.86. The number of carbonyl (C=O) groups is 1. The van der Waals surface area contributed by atoms with E-state index in [0.717, 1.165) is 12.1 Å². The normalized spacial score (nSPS) is 12.0. The highest BCUT2D eigenvalue weighted by Crippen LogP contribution is 2.31. The van der Waals surface area contributed by atoms with Crippen LogP contribution in [0, 0.1) is 5.82 Å². The summed E-state index contributed by atoms with van der Waals surface area (Å²) in [5.74, 6) is -0.468. The third-order valence-electron chi connectivity index (χ3n) is 3.48.